The van der Waals surface area contributed by atoms with E-state index in [0.717, 1.165) is 22.2 Å². The third-order valence-corrected chi connectivity index (χ3v) is 8.63. The molecule has 1 aliphatic rings. The molecule has 2 aromatic heterocycles. The van der Waals surface area contributed by atoms with Crippen LogP contribution in [-0.2, 0) is 27.5 Å². The molecule has 1 aliphatic heterocycles. The number of benzene rings is 2. The molecule has 3 amide bonds. The van der Waals surface area contributed by atoms with Gasteiger partial charge in [0, 0.05) is 36.8 Å². The van der Waals surface area contributed by atoms with E-state index in [2.05, 4.69) is 10.6 Å². The Kier molecular flexibility index (Phi) is 10.4. The van der Waals surface area contributed by atoms with Gasteiger partial charge in [-0.05, 0) is 48.3 Å². The van der Waals surface area contributed by atoms with E-state index in [1.54, 1.807) is 11.8 Å². The van der Waals surface area contributed by atoms with Crippen LogP contribution in [0.4, 0.5) is 0 Å². The minimum atomic E-state index is -0.663. The van der Waals surface area contributed by atoms with E-state index in [0.29, 0.717) is 44.1 Å². The molecule has 3 heterocycles. The summed E-state index contributed by atoms with van der Waals surface area (Å²) in [4.78, 5) is 47.1. The van der Waals surface area contributed by atoms with Gasteiger partial charge in [0.05, 0.1) is 12.6 Å². The maximum absolute atomic E-state index is 13.8. The Balaban J connectivity index is 1.48. The number of nitrogens with one attached hydrogen (secondary N) is 2. The molecule has 0 saturated heterocycles. The van der Waals surface area contributed by atoms with E-state index >= 15 is 0 Å². The zero-order chi connectivity index (χ0) is 31.1. The summed E-state index contributed by atoms with van der Waals surface area (Å²) in [6.45, 7) is 5.45. The van der Waals surface area contributed by atoms with Crippen molar-refractivity contribution in [2.24, 2.45) is 5.92 Å². The number of aromatic nitrogens is 4. The van der Waals surface area contributed by atoms with Crippen LogP contribution >= 0.6 is 11.8 Å². The number of hydrogen-bond donors (Lipinski definition) is 2. The summed E-state index contributed by atoms with van der Waals surface area (Å²) in [6.07, 6.45) is 5.14. The predicted octanol–water partition coefficient (Wildman–Crippen LogP) is 4.27. The predicted molar refractivity (Wildman–Crippen MR) is 174 cm³/mol. The van der Waals surface area contributed by atoms with Gasteiger partial charge in [-0.3, -0.25) is 14.4 Å². The van der Waals surface area contributed by atoms with Gasteiger partial charge in [-0.15, -0.1) is 0 Å². The van der Waals surface area contributed by atoms with Crippen molar-refractivity contribution < 1.29 is 14.4 Å². The zero-order valence-electron chi connectivity index (χ0n) is 25.6. The van der Waals surface area contributed by atoms with Gasteiger partial charge in [-0.2, -0.15) is 16.9 Å². The maximum atomic E-state index is 13.8. The van der Waals surface area contributed by atoms with Crippen LogP contribution < -0.4 is 10.6 Å². The first-order valence-electron chi connectivity index (χ1n) is 15.2. The molecule has 11 heteroatoms. The van der Waals surface area contributed by atoms with Crippen LogP contribution in [0.5, 0.6) is 0 Å². The molecule has 4 aromatic rings. The number of amides is 3. The van der Waals surface area contributed by atoms with Crippen molar-refractivity contribution in [3.8, 4) is 11.4 Å². The second kappa shape index (κ2) is 14.6. The van der Waals surface area contributed by atoms with Crippen molar-refractivity contribution in [2.45, 2.75) is 58.3 Å². The summed E-state index contributed by atoms with van der Waals surface area (Å²) in [5, 5.41) is 12.1. The summed E-state index contributed by atoms with van der Waals surface area (Å²) >= 11 is 1.63. The first-order valence-corrected chi connectivity index (χ1v) is 16.6. The Labute approximate surface area is 262 Å². The van der Waals surface area contributed by atoms with Gasteiger partial charge in [-0.25, -0.2) is 9.67 Å². The lowest BCUT2D eigenvalue weighted by molar-refractivity contribution is -0.132. The molecule has 5 rings (SSSR count). The minimum Gasteiger partial charge on any atom is -0.344 e. The largest absolute Gasteiger partial charge is 0.344 e. The van der Waals surface area contributed by atoms with Crippen LogP contribution in [0.25, 0.3) is 22.3 Å². The average Bonchev–Trinajstić information content (AvgIpc) is 3.63. The number of hydrogen-bond acceptors (Lipinski definition) is 6. The lowest BCUT2D eigenvalue weighted by atomic mass is 10.0. The van der Waals surface area contributed by atoms with Crippen molar-refractivity contribution in [3.05, 3.63) is 72.7 Å². The lowest BCUT2D eigenvalue weighted by Crippen LogP contribution is -2.49. The van der Waals surface area contributed by atoms with E-state index in [4.69, 9.17) is 10.1 Å². The van der Waals surface area contributed by atoms with Gasteiger partial charge >= 0.3 is 0 Å². The zero-order valence-corrected chi connectivity index (χ0v) is 26.4. The van der Waals surface area contributed by atoms with E-state index in [-0.39, 0.29) is 36.6 Å². The number of thioether (sulfide) groups is 1. The summed E-state index contributed by atoms with van der Waals surface area (Å²) in [5.41, 5.74) is 1.87. The topological polar surface area (TPSA) is 114 Å². The van der Waals surface area contributed by atoms with Gasteiger partial charge in [-0.1, -0.05) is 62.4 Å². The van der Waals surface area contributed by atoms with Gasteiger partial charge in [0.1, 0.15) is 12.6 Å². The number of carbonyl (C=O) groups excluding carboxylic acids is 3. The molecular weight excluding hydrogens is 574 g/mol. The first kappa shape index (κ1) is 31.3. The molecule has 44 heavy (non-hydrogen) atoms. The molecule has 232 valence electrons. The molecule has 0 saturated carbocycles. The highest BCUT2D eigenvalue weighted by Gasteiger charge is 2.30. The Morgan fingerprint density at radius 2 is 1.77 bits per heavy atom. The summed E-state index contributed by atoms with van der Waals surface area (Å²) in [5.74, 6) is 1.47. The third kappa shape index (κ3) is 7.50. The van der Waals surface area contributed by atoms with Crippen molar-refractivity contribution >= 4 is 40.4 Å². The molecule has 0 bridgehead atoms. The SMILES string of the molecule is CSCC[C@@H]1NC(=O)CCCN(C(=O)Cn2ccc3ccccc32)CCn2nc(-c3ccccc3)nc2[C@@H](C(C)C)NC1=O. The van der Waals surface area contributed by atoms with Gasteiger partial charge in [0.15, 0.2) is 11.6 Å². The van der Waals surface area contributed by atoms with E-state index in [9.17, 15) is 14.4 Å². The number of fused-ring (bicyclic) bond motifs is 2. The minimum absolute atomic E-state index is 0.00455. The van der Waals surface area contributed by atoms with Crippen LogP contribution in [0.1, 0.15) is 45.0 Å². The normalized spacial score (nSPS) is 18.5. The highest BCUT2D eigenvalue weighted by Crippen LogP contribution is 2.25. The maximum Gasteiger partial charge on any atom is 0.243 e. The molecule has 0 unspecified atom stereocenters. The highest BCUT2D eigenvalue weighted by atomic mass is 32.2. The van der Waals surface area contributed by atoms with Gasteiger partial charge < -0.3 is 20.1 Å². The molecule has 2 N–H and O–H groups in total. The first-order chi connectivity index (χ1) is 21.3. The van der Waals surface area contributed by atoms with Gasteiger partial charge in [0.2, 0.25) is 17.7 Å². The molecule has 0 fully saturated rings. The fourth-order valence-electron chi connectivity index (χ4n) is 5.54. The summed E-state index contributed by atoms with van der Waals surface area (Å²) < 4.78 is 3.80. The Hall–Kier alpha value is -4.12. The smallest absolute Gasteiger partial charge is 0.243 e. The molecule has 0 radical (unpaired) electrons. The van der Waals surface area contributed by atoms with Crippen molar-refractivity contribution in [3.63, 3.8) is 0 Å². The molecule has 10 nitrogen and oxygen atoms in total. The average molecular weight is 616 g/mol. The number of para-hydroxylation sites is 1. The van der Waals surface area contributed by atoms with Gasteiger partial charge in [0.25, 0.3) is 0 Å². The number of rotatable bonds is 7. The monoisotopic (exact) mass is 615 g/mol. The molecule has 2 aromatic carbocycles. The van der Waals surface area contributed by atoms with Crippen molar-refractivity contribution in [1.82, 2.24) is 34.9 Å². The summed E-state index contributed by atoms with van der Waals surface area (Å²) in [6, 6.07) is 18.6. The molecule has 2 atom stereocenters. The second-order valence-corrected chi connectivity index (χ2v) is 12.5. The fourth-order valence-corrected chi connectivity index (χ4v) is 6.02. The van der Waals surface area contributed by atoms with Crippen LogP contribution in [-0.4, -0.2) is 73.1 Å². The summed E-state index contributed by atoms with van der Waals surface area (Å²) in [7, 11) is 0. The standard InChI is InChI=1S/C33H41N7O3S/c1-23(2)30-32-36-31(25-11-5-4-6-12-25)37-40(32)20-19-38(29(42)22-39-18-15-24-10-7-8-13-27(24)39)17-9-14-28(41)34-26(16-21-44-3)33(43)35-30/h4-8,10-13,15,18,23,26,30H,9,14,16-17,19-22H2,1-3H3,(H,34,41)(H,35,43)/t26-,30+/m0/s1. The Bertz CT molecular complexity index is 1580. The third-order valence-electron chi connectivity index (χ3n) is 7.99. The highest BCUT2D eigenvalue weighted by molar-refractivity contribution is 7.98. The van der Waals surface area contributed by atoms with Crippen molar-refractivity contribution in [2.75, 3.05) is 25.1 Å². The molecule has 0 spiro atoms. The number of carbonyl (C=O) groups is 3. The van der Waals surface area contributed by atoms with E-state index in [1.165, 1.54) is 0 Å². The van der Waals surface area contributed by atoms with Crippen molar-refractivity contribution in [1.29, 1.82) is 0 Å². The lowest BCUT2D eigenvalue weighted by Gasteiger charge is -2.28. The molecule has 0 aliphatic carbocycles. The van der Waals surface area contributed by atoms with E-state index < -0.39 is 12.1 Å². The van der Waals surface area contributed by atoms with Crippen LogP contribution in [0.2, 0.25) is 0 Å². The van der Waals surface area contributed by atoms with Crippen LogP contribution in [0.15, 0.2) is 66.9 Å². The quantitative estimate of drug-likeness (QED) is 0.321. The Morgan fingerprint density at radius 3 is 2.55 bits per heavy atom. The van der Waals surface area contributed by atoms with Crippen LogP contribution in [0.3, 0.4) is 0 Å². The Morgan fingerprint density at radius 1 is 1.00 bits per heavy atom. The fraction of sp³-hybridized carbons (Fsp3) is 0.424. The second-order valence-electron chi connectivity index (χ2n) is 11.5. The van der Waals surface area contributed by atoms with Crippen LogP contribution in [0, 0.1) is 5.92 Å². The van der Waals surface area contributed by atoms with E-state index in [1.807, 2.05) is 101 Å². The molecular formula is C33H41N7O3S. The number of nitrogens with zero attached hydrogens (tertiary/aromatic N) is 5.